The summed E-state index contributed by atoms with van der Waals surface area (Å²) in [6.45, 7) is 6.31. The van der Waals surface area contributed by atoms with Crippen molar-refractivity contribution in [2.24, 2.45) is 0 Å². The molecule has 0 unspecified atom stereocenters. The van der Waals surface area contributed by atoms with Gasteiger partial charge in [0.1, 0.15) is 0 Å². The molecule has 0 saturated carbocycles. The number of benzene rings is 1. The zero-order valence-corrected chi connectivity index (χ0v) is 10.6. The SMILES string of the molecule is CCC(C)(C)[B]c1ccc(Cl)cc1B(O)O. The zero-order chi connectivity index (χ0) is 12.3. The van der Waals surface area contributed by atoms with Crippen LogP contribution in [0.25, 0.3) is 0 Å². The standard InChI is InChI=1S/C11H16B2ClO2/c1-4-11(2,3)12-9-6-5-8(14)7-10(9)13(15)16/h5-7,15-16H,4H2,1-3H3. The summed E-state index contributed by atoms with van der Waals surface area (Å²) in [6, 6.07) is 5.16. The third-order valence-corrected chi connectivity index (χ3v) is 3.02. The largest absolute Gasteiger partial charge is 0.487 e. The molecule has 0 spiro atoms. The van der Waals surface area contributed by atoms with Gasteiger partial charge in [0.2, 0.25) is 0 Å². The molecule has 2 nitrogen and oxygen atoms in total. The van der Waals surface area contributed by atoms with Gasteiger partial charge in [0.05, 0.1) is 0 Å². The molecule has 0 aliphatic rings. The van der Waals surface area contributed by atoms with E-state index in [1.807, 2.05) is 13.3 Å². The fourth-order valence-corrected chi connectivity index (χ4v) is 1.60. The number of hydrogen-bond acceptors (Lipinski definition) is 2. The number of halogens is 1. The molecule has 5 heteroatoms. The molecule has 0 fully saturated rings. The van der Waals surface area contributed by atoms with Gasteiger partial charge in [0.25, 0.3) is 0 Å². The maximum absolute atomic E-state index is 9.28. The Morgan fingerprint density at radius 2 is 2.00 bits per heavy atom. The van der Waals surface area contributed by atoms with Gasteiger partial charge in [0, 0.05) is 5.02 Å². The van der Waals surface area contributed by atoms with Gasteiger partial charge in [-0.2, -0.15) is 0 Å². The number of hydrogen-bond donors (Lipinski definition) is 2. The number of rotatable bonds is 4. The highest BCUT2D eigenvalue weighted by Crippen LogP contribution is 2.26. The van der Waals surface area contributed by atoms with E-state index in [-0.39, 0.29) is 5.31 Å². The Morgan fingerprint density at radius 1 is 1.38 bits per heavy atom. The van der Waals surface area contributed by atoms with Crippen molar-refractivity contribution in [2.45, 2.75) is 32.5 Å². The second kappa shape index (κ2) is 5.26. The first-order valence-corrected chi connectivity index (χ1v) is 5.75. The molecule has 0 aliphatic carbocycles. The highest BCUT2D eigenvalue weighted by atomic mass is 35.5. The summed E-state index contributed by atoms with van der Waals surface area (Å²) < 4.78 is 0. The van der Waals surface area contributed by atoms with E-state index in [0.717, 1.165) is 11.9 Å². The van der Waals surface area contributed by atoms with Gasteiger partial charge in [-0.15, -0.1) is 0 Å². The van der Waals surface area contributed by atoms with Crippen LogP contribution in [0.15, 0.2) is 18.2 Å². The summed E-state index contributed by atoms with van der Waals surface area (Å²) in [5.74, 6) is 0. The van der Waals surface area contributed by atoms with Crippen molar-refractivity contribution in [1.29, 1.82) is 0 Å². The average Bonchev–Trinajstić information content (AvgIpc) is 2.20. The molecule has 2 N–H and O–H groups in total. The van der Waals surface area contributed by atoms with E-state index in [9.17, 15) is 10.0 Å². The summed E-state index contributed by atoms with van der Waals surface area (Å²) in [5, 5.41) is 19.1. The lowest BCUT2D eigenvalue weighted by atomic mass is 9.46. The van der Waals surface area contributed by atoms with Crippen molar-refractivity contribution in [3.8, 4) is 0 Å². The van der Waals surface area contributed by atoms with Gasteiger partial charge < -0.3 is 10.0 Å². The van der Waals surface area contributed by atoms with Crippen molar-refractivity contribution >= 4 is 36.9 Å². The predicted octanol–water partition coefficient (Wildman–Crippen LogP) is 0.958. The first-order chi connectivity index (χ1) is 7.35. The van der Waals surface area contributed by atoms with Crippen LogP contribution < -0.4 is 10.9 Å². The van der Waals surface area contributed by atoms with Crippen LogP contribution in [-0.2, 0) is 0 Å². The van der Waals surface area contributed by atoms with Crippen molar-refractivity contribution < 1.29 is 10.0 Å². The van der Waals surface area contributed by atoms with Crippen LogP contribution in [0.1, 0.15) is 27.2 Å². The molecule has 85 valence electrons. The lowest BCUT2D eigenvalue weighted by Gasteiger charge is -2.23. The maximum Gasteiger partial charge on any atom is 0.487 e. The van der Waals surface area contributed by atoms with Gasteiger partial charge >= 0.3 is 7.12 Å². The first kappa shape index (κ1) is 13.6. The summed E-state index contributed by atoms with van der Waals surface area (Å²) in [5.41, 5.74) is 1.28. The Balaban J connectivity index is 3.04. The molecule has 0 aliphatic heterocycles. The van der Waals surface area contributed by atoms with Crippen LogP contribution in [0.4, 0.5) is 0 Å². The van der Waals surface area contributed by atoms with Crippen LogP contribution in [0.2, 0.25) is 10.3 Å². The quantitative estimate of drug-likeness (QED) is 0.766. The smallest absolute Gasteiger partial charge is 0.423 e. The Kier molecular flexibility index (Phi) is 4.48. The molecule has 1 aromatic carbocycles. The molecule has 0 saturated heterocycles. The van der Waals surface area contributed by atoms with Crippen molar-refractivity contribution in [2.75, 3.05) is 0 Å². The van der Waals surface area contributed by atoms with E-state index < -0.39 is 7.12 Å². The molecule has 16 heavy (non-hydrogen) atoms. The lowest BCUT2D eigenvalue weighted by Crippen LogP contribution is -2.46. The zero-order valence-electron chi connectivity index (χ0n) is 9.87. The molecule has 1 rings (SSSR count). The van der Waals surface area contributed by atoms with E-state index >= 15 is 0 Å². The fourth-order valence-electron chi connectivity index (χ4n) is 1.42. The van der Waals surface area contributed by atoms with Gasteiger partial charge in [-0.3, -0.25) is 0 Å². The molecular weight excluding hydrogens is 221 g/mol. The van der Waals surface area contributed by atoms with E-state index in [0.29, 0.717) is 10.5 Å². The minimum atomic E-state index is -1.49. The van der Waals surface area contributed by atoms with Crippen LogP contribution >= 0.6 is 11.6 Å². The summed E-state index contributed by atoms with van der Waals surface area (Å²) in [6.07, 6.45) is 0.983. The summed E-state index contributed by atoms with van der Waals surface area (Å²) >= 11 is 5.83. The molecule has 0 bridgehead atoms. The Bertz CT molecular complexity index is 367. The van der Waals surface area contributed by atoms with E-state index in [4.69, 9.17) is 11.6 Å². The van der Waals surface area contributed by atoms with Crippen LogP contribution in [0.5, 0.6) is 0 Å². The molecular formula is C11H16B2ClO2. The van der Waals surface area contributed by atoms with Gasteiger partial charge in [-0.1, -0.05) is 55.6 Å². The topological polar surface area (TPSA) is 40.5 Å². The molecule has 0 aromatic heterocycles. The summed E-state index contributed by atoms with van der Waals surface area (Å²) in [7, 11) is 0.551. The first-order valence-electron chi connectivity index (χ1n) is 5.37. The van der Waals surface area contributed by atoms with Crippen LogP contribution in [0, 0.1) is 0 Å². The van der Waals surface area contributed by atoms with Crippen molar-refractivity contribution in [1.82, 2.24) is 0 Å². The Morgan fingerprint density at radius 3 is 2.50 bits per heavy atom. The molecule has 1 radical (unpaired) electrons. The Labute approximate surface area is 103 Å². The molecule has 0 amide bonds. The highest BCUT2D eigenvalue weighted by Gasteiger charge is 2.23. The van der Waals surface area contributed by atoms with Crippen molar-refractivity contribution in [3.63, 3.8) is 0 Å². The van der Waals surface area contributed by atoms with E-state index in [1.54, 1.807) is 12.1 Å². The predicted molar refractivity (Wildman–Crippen MR) is 71.0 cm³/mol. The van der Waals surface area contributed by atoms with E-state index in [2.05, 4.69) is 20.8 Å². The minimum absolute atomic E-state index is 0.0253. The Hall–Kier alpha value is -0.440. The average molecular weight is 237 g/mol. The van der Waals surface area contributed by atoms with Crippen LogP contribution in [0.3, 0.4) is 0 Å². The molecule has 0 atom stereocenters. The monoisotopic (exact) mass is 237 g/mol. The minimum Gasteiger partial charge on any atom is -0.423 e. The summed E-state index contributed by atoms with van der Waals surface area (Å²) in [4.78, 5) is 0. The van der Waals surface area contributed by atoms with Gasteiger partial charge in [0.15, 0.2) is 7.28 Å². The van der Waals surface area contributed by atoms with E-state index in [1.165, 1.54) is 0 Å². The van der Waals surface area contributed by atoms with Gasteiger partial charge in [-0.05, 0) is 17.6 Å². The van der Waals surface area contributed by atoms with Crippen molar-refractivity contribution in [3.05, 3.63) is 23.2 Å². The normalized spacial score (nSPS) is 11.4. The lowest BCUT2D eigenvalue weighted by molar-refractivity contribution is 0.426. The second-order valence-electron chi connectivity index (χ2n) is 4.63. The highest BCUT2D eigenvalue weighted by molar-refractivity contribution is 6.70. The second-order valence-corrected chi connectivity index (χ2v) is 5.07. The third kappa shape index (κ3) is 3.55. The fraction of sp³-hybridized carbons (Fsp3) is 0.455. The van der Waals surface area contributed by atoms with Crippen LogP contribution in [-0.4, -0.2) is 24.4 Å². The maximum atomic E-state index is 9.28. The van der Waals surface area contributed by atoms with Gasteiger partial charge in [-0.25, -0.2) is 0 Å². The third-order valence-electron chi connectivity index (χ3n) is 2.78. The molecule has 0 heterocycles. The molecule has 1 aromatic rings.